The summed E-state index contributed by atoms with van der Waals surface area (Å²) in [5, 5.41) is 0. The average Bonchev–Trinajstić information content (AvgIpc) is 3.07. The van der Waals surface area contributed by atoms with E-state index < -0.39 is 0 Å². The minimum Gasteiger partial charge on any atom is -0.382 e. The molecular weight excluding hydrogens is 845 g/mol. The SMILES string of the molecule is C=Cc1ccc(Cc2ccc(C(CC)CC(CC(C)c3ccncc3)c3ccc(COCCOC)cc3)cc2)cc1.II.[Y]. The predicted octanol–water partition coefficient (Wildman–Crippen LogP) is 11.1. The molecule has 231 valence electrons. The number of hydrogen-bond acceptors (Lipinski definition) is 3. The van der Waals surface area contributed by atoms with E-state index in [0.717, 1.165) is 31.2 Å². The van der Waals surface area contributed by atoms with Gasteiger partial charge in [-0.1, -0.05) is 99.3 Å². The van der Waals surface area contributed by atoms with Gasteiger partial charge in [0.2, 0.25) is 0 Å². The molecule has 3 nitrogen and oxygen atoms in total. The van der Waals surface area contributed by atoms with Gasteiger partial charge in [-0.3, -0.25) is 4.98 Å². The first kappa shape index (κ1) is 39.2. The molecule has 0 fully saturated rings. The van der Waals surface area contributed by atoms with Crippen LogP contribution in [0.1, 0.15) is 89.8 Å². The molecule has 0 saturated heterocycles. The van der Waals surface area contributed by atoms with Gasteiger partial charge in [0.1, 0.15) is 0 Å². The van der Waals surface area contributed by atoms with Gasteiger partial charge in [0, 0.05) is 89.4 Å². The number of ether oxygens (including phenoxy) is 2. The molecule has 1 heterocycles. The zero-order chi connectivity index (χ0) is 30.9. The van der Waals surface area contributed by atoms with Crippen LogP contribution < -0.4 is 0 Å². The summed E-state index contributed by atoms with van der Waals surface area (Å²) in [6, 6.07) is 31.4. The number of methoxy groups -OCH3 is 1. The molecule has 1 radical (unpaired) electrons. The van der Waals surface area contributed by atoms with E-state index in [1.807, 2.05) is 18.5 Å². The Morgan fingerprint density at radius 2 is 1.27 bits per heavy atom. The van der Waals surface area contributed by atoms with Crippen LogP contribution in [0.15, 0.2) is 104 Å². The van der Waals surface area contributed by atoms with Gasteiger partial charge in [-0.05, 0) is 94.5 Å². The first-order valence-corrected chi connectivity index (χ1v) is 21.4. The molecule has 0 spiro atoms. The first-order chi connectivity index (χ1) is 21.1. The molecule has 44 heavy (non-hydrogen) atoms. The standard InChI is InChI=1S/C38H45NO2.I2.Y/c1-5-30-7-9-31(10-8-30)26-32-11-15-36(16-12-32)34(6-2)27-38(25-29(3)35-19-21-39-22-20-35)37-17-13-33(14-18-37)28-41-24-23-40-4;1-2;/h5,7-22,29,34,38H,1,6,23-28H2,2-4H3;;. The van der Waals surface area contributed by atoms with Crippen molar-refractivity contribution in [2.24, 2.45) is 0 Å². The minimum absolute atomic E-state index is 0. The largest absolute Gasteiger partial charge is 0.382 e. The van der Waals surface area contributed by atoms with E-state index in [4.69, 9.17) is 9.47 Å². The Morgan fingerprint density at radius 1 is 0.727 bits per heavy atom. The van der Waals surface area contributed by atoms with Crippen LogP contribution in [0.4, 0.5) is 0 Å². The molecule has 3 atom stereocenters. The fraction of sp³-hybridized carbons (Fsp3) is 0.342. The van der Waals surface area contributed by atoms with Crippen molar-refractivity contribution in [2.75, 3.05) is 20.3 Å². The number of rotatable bonds is 16. The summed E-state index contributed by atoms with van der Waals surface area (Å²) in [6.07, 6.45) is 9.99. The molecule has 0 N–H and O–H groups in total. The van der Waals surface area contributed by atoms with Crippen molar-refractivity contribution in [3.63, 3.8) is 0 Å². The maximum Gasteiger partial charge on any atom is 0.0718 e. The molecule has 4 rings (SSSR count). The molecule has 0 aliphatic carbocycles. The average molecular weight is 890 g/mol. The summed E-state index contributed by atoms with van der Waals surface area (Å²) in [5.74, 6) is 1.41. The van der Waals surface area contributed by atoms with Gasteiger partial charge in [0.25, 0.3) is 0 Å². The molecule has 0 bridgehead atoms. The molecular formula is C38H45I2NO2Y. The monoisotopic (exact) mass is 890 g/mol. The number of nitrogens with zero attached hydrogens (tertiary/aromatic N) is 1. The van der Waals surface area contributed by atoms with Crippen LogP contribution in [0.25, 0.3) is 6.08 Å². The second-order valence-corrected chi connectivity index (χ2v) is 11.1. The molecule has 0 saturated carbocycles. The van der Waals surface area contributed by atoms with E-state index in [1.54, 1.807) is 7.11 Å². The van der Waals surface area contributed by atoms with Crippen LogP contribution in [-0.4, -0.2) is 25.3 Å². The first-order valence-electron chi connectivity index (χ1n) is 15.1. The number of hydrogen-bond donors (Lipinski definition) is 0. The third-order valence-corrected chi connectivity index (χ3v) is 8.20. The van der Waals surface area contributed by atoms with E-state index in [9.17, 15) is 0 Å². The van der Waals surface area contributed by atoms with Crippen molar-refractivity contribution >= 4 is 43.3 Å². The van der Waals surface area contributed by atoms with Crippen LogP contribution >= 0.6 is 37.2 Å². The van der Waals surface area contributed by atoms with Crippen LogP contribution in [0, 0.1) is 0 Å². The maximum atomic E-state index is 5.75. The zero-order valence-electron chi connectivity index (χ0n) is 26.3. The van der Waals surface area contributed by atoms with Gasteiger partial charge in [0.15, 0.2) is 0 Å². The van der Waals surface area contributed by atoms with E-state index in [-0.39, 0.29) is 32.7 Å². The Bertz CT molecular complexity index is 1320. The second kappa shape index (κ2) is 22.5. The summed E-state index contributed by atoms with van der Waals surface area (Å²) < 4.78 is 10.8. The Hall–Kier alpha value is -0.966. The molecule has 3 aromatic carbocycles. The summed E-state index contributed by atoms with van der Waals surface area (Å²) in [6.45, 7) is 10.4. The summed E-state index contributed by atoms with van der Waals surface area (Å²) >= 11 is 4.24. The molecule has 1 aromatic heterocycles. The van der Waals surface area contributed by atoms with Crippen molar-refractivity contribution < 1.29 is 42.2 Å². The maximum absolute atomic E-state index is 5.75. The summed E-state index contributed by atoms with van der Waals surface area (Å²) in [5.41, 5.74) is 9.23. The van der Waals surface area contributed by atoms with Gasteiger partial charge >= 0.3 is 0 Å². The smallest absolute Gasteiger partial charge is 0.0718 e. The Morgan fingerprint density at radius 3 is 1.82 bits per heavy atom. The fourth-order valence-corrected chi connectivity index (χ4v) is 5.64. The summed E-state index contributed by atoms with van der Waals surface area (Å²) in [7, 11) is 1.70. The second-order valence-electron chi connectivity index (χ2n) is 11.1. The van der Waals surface area contributed by atoms with Gasteiger partial charge in [-0.2, -0.15) is 0 Å². The molecule has 3 unspecified atom stereocenters. The van der Waals surface area contributed by atoms with E-state index in [1.165, 1.54) is 33.4 Å². The van der Waals surface area contributed by atoms with Crippen LogP contribution in [0.3, 0.4) is 0 Å². The van der Waals surface area contributed by atoms with E-state index in [2.05, 4.69) is 148 Å². The van der Waals surface area contributed by atoms with Gasteiger partial charge in [-0.25, -0.2) is 0 Å². The van der Waals surface area contributed by atoms with Gasteiger partial charge < -0.3 is 9.47 Å². The molecule has 6 heteroatoms. The molecule has 4 aromatic rings. The van der Waals surface area contributed by atoms with Crippen LogP contribution in [-0.2, 0) is 55.2 Å². The van der Waals surface area contributed by atoms with Crippen LogP contribution in [0.2, 0.25) is 0 Å². The normalized spacial score (nSPS) is 12.7. The molecule has 0 aliphatic heterocycles. The summed E-state index contributed by atoms with van der Waals surface area (Å²) in [4.78, 5) is 4.23. The van der Waals surface area contributed by atoms with Crippen molar-refractivity contribution in [3.8, 4) is 0 Å². The Balaban J connectivity index is 0.00000220. The van der Waals surface area contributed by atoms with Gasteiger partial charge in [-0.15, -0.1) is 0 Å². The third-order valence-electron chi connectivity index (χ3n) is 8.20. The number of aromatic nitrogens is 1. The number of benzene rings is 3. The number of pyridine rings is 1. The third kappa shape index (κ3) is 13.0. The van der Waals surface area contributed by atoms with Gasteiger partial charge in [0.05, 0.1) is 19.8 Å². The minimum atomic E-state index is 0. The quantitative estimate of drug-likeness (QED) is 0.0830. The van der Waals surface area contributed by atoms with E-state index in [0.29, 0.717) is 37.6 Å². The van der Waals surface area contributed by atoms with Crippen molar-refractivity contribution in [1.82, 2.24) is 4.98 Å². The van der Waals surface area contributed by atoms with Crippen molar-refractivity contribution in [2.45, 2.75) is 63.9 Å². The molecule has 0 aliphatic rings. The predicted molar refractivity (Wildman–Crippen MR) is 199 cm³/mol. The van der Waals surface area contributed by atoms with Crippen molar-refractivity contribution in [3.05, 3.63) is 143 Å². The number of halogens is 2. The fourth-order valence-electron chi connectivity index (χ4n) is 5.64. The Labute approximate surface area is 314 Å². The van der Waals surface area contributed by atoms with Crippen LogP contribution in [0.5, 0.6) is 0 Å². The zero-order valence-corrected chi connectivity index (χ0v) is 33.5. The van der Waals surface area contributed by atoms with E-state index >= 15 is 0 Å². The Kier molecular flexibility index (Phi) is 20.1. The molecule has 0 amide bonds. The topological polar surface area (TPSA) is 31.4 Å². The van der Waals surface area contributed by atoms with Crippen molar-refractivity contribution in [1.29, 1.82) is 0 Å².